The maximum Gasteiger partial charge on any atom is 0.276 e. The van der Waals surface area contributed by atoms with Gasteiger partial charge in [0.25, 0.3) is 5.69 Å². The molecule has 0 saturated heterocycles. The molecule has 0 aromatic heterocycles. The van der Waals surface area contributed by atoms with Gasteiger partial charge in [0.05, 0.1) is 23.6 Å². The summed E-state index contributed by atoms with van der Waals surface area (Å²) in [7, 11) is 0. The normalized spacial score (nSPS) is 11.7. The second-order valence-corrected chi connectivity index (χ2v) is 2.99. The van der Waals surface area contributed by atoms with E-state index >= 15 is 0 Å². The Balaban J connectivity index is 3.43. The first-order chi connectivity index (χ1) is 8.01. The Morgan fingerprint density at radius 1 is 1.53 bits per heavy atom. The third kappa shape index (κ3) is 2.65. The van der Waals surface area contributed by atoms with E-state index in [1.54, 1.807) is 0 Å². The van der Waals surface area contributed by atoms with Gasteiger partial charge in [-0.05, 0) is 11.6 Å². The summed E-state index contributed by atoms with van der Waals surface area (Å²) >= 11 is 0. The molecule has 1 aromatic carbocycles. The molecule has 1 aromatic rings. The summed E-state index contributed by atoms with van der Waals surface area (Å²) in [6.45, 7) is -0.754. The van der Waals surface area contributed by atoms with Gasteiger partial charge in [-0.25, -0.2) is 8.78 Å². The molecule has 0 spiro atoms. The molecule has 9 heteroatoms. The third-order valence-corrected chi connectivity index (χ3v) is 1.99. The Hall–Kier alpha value is -2.25. The lowest BCUT2D eigenvalue weighted by Crippen LogP contribution is -2.06. The third-order valence-electron chi connectivity index (χ3n) is 1.99. The summed E-state index contributed by atoms with van der Waals surface area (Å²) in [4.78, 5) is 12.0. The van der Waals surface area contributed by atoms with E-state index in [1.807, 2.05) is 0 Å². The minimum Gasteiger partial charge on any atom is -0.396 e. The van der Waals surface area contributed by atoms with Gasteiger partial charge in [0.15, 0.2) is 11.6 Å². The summed E-state index contributed by atoms with van der Waals surface area (Å²) in [5.41, 5.74) is 7.06. The van der Waals surface area contributed by atoms with Gasteiger partial charge in [-0.2, -0.15) is 0 Å². The molecule has 90 valence electrons. The Bertz CT molecular complexity index is 502. The topological polar surface area (TPSA) is 112 Å². The van der Waals surface area contributed by atoms with Crippen LogP contribution in [0, 0.1) is 21.7 Å². The largest absolute Gasteiger partial charge is 0.396 e. The molecule has 1 N–H and O–H groups in total. The molecule has 7 nitrogen and oxygen atoms in total. The molecule has 0 bridgehead atoms. The molecular weight excluding hydrogens is 238 g/mol. The highest BCUT2D eigenvalue weighted by molar-refractivity contribution is 5.43. The van der Waals surface area contributed by atoms with Gasteiger partial charge >= 0.3 is 0 Å². The fourth-order valence-electron chi connectivity index (χ4n) is 1.24. The number of hydrogen-bond donors (Lipinski definition) is 1. The molecule has 1 unspecified atom stereocenters. The van der Waals surface area contributed by atoms with E-state index in [4.69, 9.17) is 10.6 Å². The van der Waals surface area contributed by atoms with Gasteiger partial charge in [-0.15, -0.1) is 0 Å². The van der Waals surface area contributed by atoms with Crippen LogP contribution in [0.5, 0.6) is 0 Å². The van der Waals surface area contributed by atoms with Gasteiger partial charge in [0, 0.05) is 10.5 Å². The average Bonchev–Trinajstić information content (AvgIpc) is 2.29. The fraction of sp³-hybridized carbons (Fsp3) is 0.250. The number of nitrogens with zero attached hydrogens (tertiary/aromatic N) is 4. The van der Waals surface area contributed by atoms with Crippen LogP contribution in [0.3, 0.4) is 0 Å². The zero-order chi connectivity index (χ0) is 13.0. The number of nitro benzene ring substituents is 1. The van der Waals surface area contributed by atoms with Gasteiger partial charge < -0.3 is 5.11 Å². The Labute approximate surface area is 93.1 Å². The van der Waals surface area contributed by atoms with Crippen molar-refractivity contribution >= 4 is 5.69 Å². The zero-order valence-electron chi connectivity index (χ0n) is 8.25. The number of azide groups is 1. The van der Waals surface area contributed by atoms with Gasteiger partial charge in [-0.3, -0.25) is 10.1 Å². The molecular formula is C8H6F2N4O3. The predicted octanol–water partition coefficient (Wildman–Crippen LogP) is 2.22. The van der Waals surface area contributed by atoms with E-state index in [0.717, 1.165) is 0 Å². The van der Waals surface area contributed by atoms with Crippen LogP contribution in [0.4, 0.5) is 14.5 Å². The van der Waals surface area contributed by atoms with Crippen LogP contribution in [0.1, 0.15) is 11.6 Å². The van der Waals surface area contributed by atoms with E-state index in [1.165, 1.54) is 0 Å². The number of nitro groups is 1. The van der Waals surface area contributed by atoms with Crippen LogP contribution < -0.4 is 0 Å². The molecule has 1 rings (SSSR count). The summed E-state index contributed by atoms with van der Waals surface area (Å²) in [5, 5.41) is 22.5. The summed E-state index contributed by atoms with van der Waals surface area (Å²) < 4.78 is 25.8. The van der Waals surface area contributed by atoms with Crippen LogP contribution >= 0.6 is 0 Å². The molecule has 0 fully saturated rings. The number of halogens is 2. The second kappa shape index (κ2) is 5.19. The second-order valence-electron chi connectivity index (χ2n) is 2.99. The van der Waals surface area contributed by atoms with E-state index < -0.39 is 34.9 Å². The predicted molar refractivity (Wildman–Crippen MR) is 52.0 cm³/mol. The first kappa shape index (κ1) is 12.8. The van der Waals surface area contributed by atoms with Crippen LogP contribution in [0.25, 0.3) is 10.4 Å². The average molecular weight is 244 g/mol. The lowest BCUT2D eigenvalue weighted by molar-refractivity contribution is -0.386. The molecule has 0 heterocycles. The highest BCUT2D eigenvalue weighted by Gasteiger charge is 2.24. The van der Waals surface area contributed by atoms with Crippen molar-refractivity contribution in [3.63, 3.8) is 0 Å². The molecule has 0 amide bonds. The zero-order valence-corrected chi connectivity index (χ0v) is 8.25. The number of rotatable bonds is 4. The smallest absolute Gasteiger partial charge is 0.276 e. The molecule has 0 radical (unpaired) electrons. The van der Waals surface area contributed by atoms with Crippen molar-refractivity contribution in [3.8, 4) is 0 Å². The van der Waals surface area contributed by atoms with E-state index in [-0.39, 0.29) is 5.56 Å². The Morgan fingerprint density at radius 2 is 2.12 bits per heavy atom. The number of aliphatic hydroxyl groups is 1. The van der Waals surface area contributed by atoms with Crippen molar-refractivity contribution in [2.75, 3.05) is 6.61 Å². The van der Waals surface area contributed by atoms with Crippen LogP contribution in [-0.4, -0.2) is 16.6 Å². The Morgan fingerprint density at radius 3 is 2.59 bits per heavy atom. The summed E-state index contributed by atoms with van der Waals surface area (Å²) in [6, 6.07) is -0.431. The lowest BCUT2D eigenvalue weighted by Gasteiger charge is -2.08. The van der Waals surface area contributed by atoms with Crippen LogP contribution in [0.2, 0.25) is 0 Å². The van der Waals surface area contributed by atoms with Crippen molar-refractivity contribution in [2.45, 2.75) is 6.04 Å². The minimum atomic E-state index is -1.39. The summed E-state index contributed by atoms with van der Waals surface area (Å²) in [6.07, 6.45) is 0. The van der Waals surface area contributed by atoms with Crippen molar-refractivity contribution in [1.29, 1.82) is 0 Å². The SMILES string of the molecule is [N-]=[N+]=NC(CO)c1cc(F)c(F)cc1[N+](=O)[O-]. The monoisotopic (exact) mass is 244 g/mol. The van der Waals surface area contributed by atoms with Crippen molar-refractivity contribution in [2.24, 2.45) is 5.11 Å². The van der Waals surface area contributed by atoms with Gasteiger partial charge in [-0.1, -0.05) is 5.11 Å². The van der Waals surface area contributed by atoms with Crippen molar-refractivity contribution in [3.05, 3.63) is 49.9 Å². The standard InChI is InChI=1S/C8H6F2N4O3/c9-5-1-4(7(3-15)12-13-11)8(14(16)17)2-6(5)10/h1-2,7,15H,3H2. The highest BCUT2D eigenvalue weighted by atomic mass is 19.2. The van der Waals surface area contributed by atoms with Gasteiger partial charge in [0.1, 0.15) is 0 Å². The first-order valence-electron chi connectivity index (χ1n) is 4.29. The van der Waals surface area contributed by atoms with Gasteiger partial charge in [0.2, 0.25) is 0 Å². The maximum atomic E-state index is 12.9. The van der Waals surface area contributed by atoms with E-state index in [2.05, 4.69) is 10.0 Å². The lowest BCUT2D eigenvalue weighted by atomic mass is 10.1. The molecule has 17 heavy (non-hydrogen) atoms. The number of aliphatic hydroxyl groups excluding tert-OH is 1. The quantitative estimate of drug-likeness (QED) is 0.288. The Kier molecular flexibility index (Phi) is 3.91. The van der Waals surface area contributed by atoms with Crippen LogP contribution in [-0.2, 0) is 0 Å². The molecule has 0 aliphatic rings. The van der Waals surface area contributed by atoms with E-state index in [0.29, 0.717) is 12.1 Å². The highest BCUT2D eigenvalue weighted by Crippen LogP contribution is 2.29. The fourth-order valence-corrected chi connectivity index (χ4v) is 1.24. The molecule has 0 aliphatic carbocycles. The first-order valence-corrected chi connectivity index (χ1v) is 4.29. The minimum absolute atomic E-state index is 0.375. The molecule has 0 aliphatic heterocycles. The number of benzene rings is 1. The van der Waals surface area contributed by atoms with E-state index in [9.17, 15) is 18.9 Å². The molecule has 1 atom stereocenters. The molecule has 0 saturated carbocycles. The van der Waals surface area contributed by atoms with Crippen LogP contribution in [0.15, 0.2) is 17.2 Å². The number of hydrogen-bond acceptors (Lipinski definition) is 4. The maximum absolute atomic E-state index is 12.9. The summed E-state index contributed by atoms with van der Waals surface area (Å²) in [5.74, 6) is -2.71. The van der Waals surface area contributed by atoms with Crippen molar-refractivity contribution < 1.29 is 18.8 Å². The van der Waals surface area contributed by atoms with Crippen molar-refractivity contribution in [1.82, 2.24) is 0 Å².